The maximum Gasteiger partial charge on any atom is 0.233 e. The number of ether oxygens (including phenoxy) is 2. The molecule has 1 amide bonds. The average molecular weight is 350 g/mol. The molecule has 1 N–H and O–H groups in total. The van der Waals surface area contributed by atoms with Crippen LogP contribution in [0.4, 0.5) is 0 Å². The topological polar surface area (TPSA) is 78.3 Å². The summed E-state index contributed by atoms with van der Waals surface area (Å²) < 4.78 is 12.4. The standard InChI is InChI=1S/C16H22N4O3S/c1-5-20-10-18-19-16(20)24-11(2)15(21)17-9-12-6-7-13(22-3)14(8-12)23-4/h6-8,10-11H,5,9H2,1-4H3,(H,17,21)/t11-/m1/s1. The predicted octanol–water partition coefficient (Wildman–Crippen LogP) is 2.11. The number of carbonyl (C=O) groups excluding carboxylic acids is 1. The highest BCUT2D eigenvalue weighted by molar-refractivity contribution is 8.00. The van der Waals surface area contributed by atoms with E-state index >= 15 is 0 Å². The summed E-state index contributed by atoms with van der Waals surface area (Å²) in [6, 6.07) is 5.57. The molecule has 0 fully saturated rings. The van der Waals surface area contributed by atoms with Crippen molar-refractivity contribution in [2.45, 2.75) is 37.3 Å². The highest BCUT2D eigenvalue weighted by Gasteiger charge is 2.17. The van der Waals surface area contributed by atoms with Crippen LogP contribution in [0.15, 0.2) is 29.7 Å². The number of carbonyl (C=O) groups is 1. The zero-order valence-electron chi connectivity index (χ0n) is 14.3. The minimum Gasteiger partial charge on any atom is -0.493 e. The van der Waals surface area contributed by atoms with Crippen LogP contribution in [0, 0.1) is 0 Å². The van der Waals surface area contributed by atoms with Gasteiger partial charge in [-0.25, -0.2) is 0 Å². The van der Waals surface area contributed by atoms with E-state index in [0.717, 1.165) is 17.3 Å². The van der Waals surface area contributed by atoms with E-state index in [9.17, 15) is 4.79 Å². The summed E-state index contributed by atoms with van der Waals surface area (Å²) in [5, 5.41) is 11.3. The van der Waals surface area contributed by atoms with Crippen LogP contribution in [0.25, 0.3) is 0 Å². The molecule has 2 aromatic rings. The molecule has 8 heteroatoms. The van der Waals surface area contributed by atoms with Crippen LogP contribution >= 0.6 is 11.8 Å². The van der Waals surface area contributed by atoms with Gasteiger partial charge < -0.3 is 19.4 Å². The maximum absolute atomic E-state index is 12.3. The Balaban J connectivity index is 1.92. The van der Waals surface area contributed by atoms with E-state index in [4.69, 9.17) is 9.47 Å². The Bertz CT molecular complexity index is 690. The van der Waals surface area contributed by atoms with E-state index < -0.39 is 0 Å². The molecule has 0 radical (unpaired) electrons. The summed E-state index contributed by atoms with van der Waals surface area (Å²) in [6.07, 6.45) is 1.66. The normalized spacial score (nSPS) is 11.8. The summed E-state index contributed by atoms with van der Waals surface area (Å²) in [5.74, 6) is 1.25. The van der Waals surface area contributed by atoms with Gasteiger partial charge in [-0.05, 0) is 31.5 Å². The van der Waals surface area contributed by atoms with Crippen LogP contribution < -0.4 is 14.8 Å². The molecule has 0 aliphatic carbocycles. The van der Waals surface area contributed by atoms with Crippen molar-refractivity contribution >= 4 is 17.7 Å². The van der Waals surface area contributed by atoms with Gasteiger partial charge >= 0.3 is 0 Å². The van der Waals surface area contributed by atoms with Gasteiger partial charge in [0.1, 0.15) is 6.33 Å². The van der Waals surface area contributed by atoms with Crippen LogP contribution in [0.5, 0.6) is 11.5 Å². The smallest absolute Gasteiger partial charge is 0.233 e. The molecule has 130 valence electrons. The van der Waals surface area contributed by atoms with E-state index in [2.05, 4.69) is 15.5 Å². The third-order valence-corrected chi connectivity index (χ3v) is 4.58. The molecule has 0 aliphatic heterocycles. The fraction of sp³-hybridized carbons (Fsp3) is 0.438. The highest BCUT2D eigenvalue weighted by Crippen LogP contribution is 2.27. The molecule has 0 saturated heterocycles. The monoisotopic (exact) mass is 350 g/mol. The first-order valence-electron chi connectivity index (χ1n) is 7.62. The molecule has 1 aromatic heterocycles. The Morgan fingerprint density at radius 1 is 1.33 bits per heavy atom. The van der Waals surface area contributed by atoms with Gasteiger partial charge in [0.05, 0.1) is 19.5 Å². The fourth-order valence-corrected chi connectivity index (χ4v) is 3.00. The molecule has 0 saturated carbocycles. The van der Waals surface area contributed by atoms with E-state index in [-0.39, 0.29) is 11.2 Å². The molecular weight excluding hydrogens is 328 g/mol. The lowest BCUT2D eigenvalue weighted by Gasteiger charge is -2.13. The lowest BCUT2D eigenvalue weighted by Crippen LogP contribution is -2.30. The number of rotatable bonds is 8. The summed E-state index contributed by atoms with van der Waals surface area (Å²) in [5.41, 5.74) is 0.940. The summed E-state index contributed by atoms with van der Waals surface area (Å²) >= 11 is 1.39. The zero-order chi connectivity index (χ0) is 17.5. The first kappa shape index (κ1) is 18.1. The molecule has 24 heavy (non-hydrogen) atoms. The van der Waals surface area contributed by atoms with Gasteiger partial charge in [0.15, 0.2) is 16.7 Å². The molecule has 1 heterocycles. The van der Waals surface area contributed by atoms with Gasteiger partial charge in [0.2, 0.25) is 5.91 Å². The summed E-state index contributed by atoms with van der Waals surface area (Å²) in [4.78, 5) is 12.3. The minimum atomic E-state index is -0.264. The molecular formula is C16H22N4O3S. The fourth-order valence-electron chi connectivity index (χ4n) is 2.09. The largest absolute Gasteiger partial charge is 0.493 e. The number of amides is 1. The van der Waals surface area contributed by atoms with Gasteiger partial charge in [-0.15, -0.1) is 10.2 Å². The third kappa shape index (κ3) is 4.41. The zero-order valence-corrected chi connectivity index (χ0v) is 15.1. The molecule has 1 atom stereocenters. The van der Waals surface area contributed by atoms with Crippen LogP contribution in [0.2, 0.25) is 0 Å². The molecule has 0 bridgehead atoms. The second-order valence-corrected chi connectivity index (χ2v) is 6.37. The van der Waals surface area contributed by atoms with Gasteiger partial charge in [-0.2, -0.15) is 0 Å². The number of thioether (sulfide) groups is 1. The van der Waals surface area contributed by atoms with Crippen molar-refractivity contribution in [2.24, 2.45) is 0 Å². The SMILES string of the molecule is CCn1cnnc1S[C@H](C)C(=O)NCc1ccc(OC)c(OC)c1. The summed E-state index contributed by atoms with van der Waals surface area (Å²) in [6.45, 7) is 5.05. The minimum absolute atomic E-state index is 0.0552. The molecule has 0 unspecified atom stereocenters. The second kappa shape index (κ2) is 8.58. The number of methoxy groups -OCH3 is 2. The van der Waals surface area contributed by atoms with E-state index in [0.29, 0.717) is 18.0 Å². The van der Waals surface area contributed by atoms with Crippen LogP contribution in [-0.2, 0) is 17.9 Å². The van der Waals surface area contributed by atoms with Gasteiger partial charge in [-0.3, -0.25) is 4.79 Å². The van der Waals surface area contributed by atoms with E-state index in [1.54, 1.807) is 20.5 Å². The Kier molecular flexibility index (Phi) is 6.48. The Morgan fingerprint density at radius 3 is 2.75 bits per heavy atom. The molecule has 0 spiro atoms. The average Bonchev–Trinajstić information content (AvgIpc) is 3.06. The highest BCUT2D eigenvalue weighted by atomic mass is 32.2. The van der Waals surface area contributed by atoms with Gasteiger partial charge in [-0.1, -0.05) is 17.8 Å². The maximum atomic E-state index is 12.3. The number of benzene rings is 1. The molecule has 0 aliphatic rings. The number of hydrogen-bond donors (Lipinski definition) is 1. The Hall–Kier alpha value is -2.22. The van der Waals surface area contributed by atoms with Crippen LogP contribution in [0.1, 0.15) is 19.4 Å². The number of nitrogens with one attached hydrogen (secondary N) is 1. The van der Waals surface area contributed by atoms with E-state index in [1.807, 2.05) is 36.6 Å². The summed E-state index contributed by atoms with van der Waals surface area (Å²) in [7, 11) is 3.18. The number of aromatic nitrogens is 3. The quantitative estimate of drug-likeness (QED) is 0.735. The molecule has 1 aromatic carbocycles. The lowest BCUT2D eigenvalue weighted by molar-refractivity contribution is -0.120. The van der Waals surface area contributed by atoms with Crippen molar-refractivity contribution in [3.05, 3.63) is 30.1 Å². The van der Waals surface area contributed by atoms with Crippen molar-refractivity contribution in [3.63, 3.8) is 0 Å². The van der Waals surface area contributed by atoms with Crippen molar-refractivity contribution in [2.75, 3.05) is 14.2 Å². The van der Waals surface area contributed by atoms with Gasteiger partial charge in [0.25, 0.3) is 0 Å². The third-order valence-electron chi connectivity index (χ3n) is 3.49. The molecule has 7 nitrogen and oxygen atoms in total. The number of hydrogen-bond acceptors (Lipinski definition) is 6. The number of nitrogens with zero attached hydrogens (tertiary/aromatic N) is 3. The van der Waals surface area contributed by atoms with Crippen molar-refractivity contribution in [1.82, 2.24) is 20.1 Å². The second-order valence-electron chi connectivity index (χ2n) is 5.07. The predicted molar refractivity (Wildman–Crippen MR) is 92.4 cm³/mol. The molecule has 2 rings (SSSR count). The van der Waals surface area contributed by atoms with Crippen LogP contribution in [0.3, 0.4) is 0 Å². The number of aryl methyl sites for hydroxylation is 1. The lowest BCUT2D eigenvalue weighted by atomic mass is 10.2. The van der Waals surface area contributed by atoms with Crippen molar-refractivity contribution < 1.29 is 14.3 Å². The Morgan fingerprint density at radius 2 is 2.08 bits per heavy atom. The first-order chi connectivity index (χ1) is 11.6. The van der Waals surface area contributed by atoms with E-state index in [1.165, 1.54) is 11.8 Å². The van der Waals surface area contributed by atoms with Gasteiger partial charge in [0, 0.05) is 13.1 Å². The van der Waals surface area contributed by atoms with Crippen molar-refractivity contribution in [1.29, 1.82) is 0 Å². The first-order valence-corrected chi connectivity index (χ1v) is 8.50. The Labute approximate surface area is 145 Å². The van der Waals surface area contributed by atoms with Crippen molar-refractivity contribution in [3.8, 4) is 11.5 Å². The van der Waals surface area contributed by atoms with Crippen LogP contribution in [-0.4, -0.2) is 40.1 Å².